The Kier molecular flexibility index (Phi) is 3.08. The maximum atomic E-state index is 12.8. The minimum atomic E-state index is 0.00404. The molecule has 1 amide bonds. The normalized spacial score (nSPS) is 13.4. The van der Waals surface area contributed by atoms with Crippen LogP contribution in [0.2, 0.25) is 0 Å². The standard InChI is InChI=1S/C18H18N4O/c1-20(2)14-9-7-13(8-10-14)17(23)22-12-11-21-16-6-4-3-5-15(16)19-18(21)22/h3-10H,11-12H2,1-2H3. The largest absolute Gasteiger partial charge is 0.378 e. The Balaban J connectivity index is 1.69. The summed E-state index contributed by atoms with van der Waals surface area (Å²) in [5.41, 5.74) is 3.79. The molecule has 0 unspecified atom stereocenters. The van der Waals surface area contributed by atoms with Gasteiger partial charge in [-0.25, -0.2) is 4.98 Å². The first-order valence-electron chi connectivity index (χ1n) is 7.69. The number of aromatic nitrogens is 2. The number of imidazole rings is 1. The maximum Gasteiger partial charge on any atom is 0.260 e. The number of benzene rings is 2. The van der Waals surface area contributed by atoms with Crippen LogP contribution in [0.5, 0.6) is 0 Å². The highest BCUT2D eigenvalue weighted by molar-refractivity contribution is 6.06. The lowest BCUT2D eigenvalue weighted by Crippen LogP contribution is -2.29. The number of hydrogen-bond donors (Lipinski definition) is 0. The molecule has 1 aromatic heterocycles. The van der Waals surface area contributed by atoms with Crippen LogP contribution in [0, 0.1) is 0 Å². The summed E-state index contributed by atoms with van der Waals surface area (Å²) in [7, 11) is 3.97. The van der Waals surface area contributed by atoms with Crippen molar-refractivity contribution >= 4 is 28.6 Å². The number of fused-ring (bicyclic) bond motifs is 3. The molecule has 0 bridgehead atoms. The summed E-state index contributed by atoms with van der Waals surface area (Å²) >= 11 is 0. The minimum absolute atomic E-state index is 0.00404. The predicted molar refractivity (Wildman–Crippen MR) is 92.2 cm³/mol. The number of nitrogens with zero attached hydrogens (tertiary/aromatic N) is 4. The van der Waals surface area contributed by atoms with Crippen LogP contribution >= 0.6 is 0 Å². The number of carbonyl (C=O) groups is 1. The molecule has 1 aliphatic rings. The number of anilines is 2. The molecule has 0 saturated carbocycles. The van der Waals surface area contributed by atoms with Crippen molar-refractivity contribution in [1.29, 1.82) is 0 Å². The van der Waals surface area contributed by atoms with Gasteiger partial charge in [0.25, 0.3) is 5.91 Å². The Morgan fingerprint density at radius 1 is 1.04 bits per heavy atom. The first-order chi connectivity index (χ1) is 11.1. The molecule has 0 spiro atoms. The molecule has 0 aliphatic carbocycles. The smallest absolute Gasteiger partial charge is 0.260 e. The number of amides is 1. The van der Waals surface area contributed by atoms with Crippen LogP contribution in [0.15, 0.2) is 48.5 Å². The van der Waals surface area contributed by atoms with E-state index in [1.54, 1.807) is 4.90 Å². The number of hydrogen-bond acceptors (Lipinski definition) is 3. The third kappa shape index (κ3) is 2.16. The van der Waals surface area contributed by atoms with Crippen molar-refractivity contribution in [3.05, 3.63) is 54.1 Å². The van der Waals surface area contributed by atoms with E-state index in [9.17, 15) is 4.79 Å². The van der Waals surface area contributed by atoms with E-state index in [4.69, 9.17) is 0 Å². The van der Waals surface area contributed by atoms with Crippen molar-refractivity contribution in [3.63, 3.8) is 0 Å². The molecule has 0 N–H and O–H groups in total. The molecule has 3 aromatic rings. The van der Waals surface area contributed by atoms with Crippen molar-refractivity contribution < 1.29 is 4.79 Å². The van der Waals surface area contributed by atoms with Gasteiger partial charge in [0.05, 0.1) is 11.0 Å². The predicted octanol–water partition coefficient (Wildman–Crippen LogP) is 2.76. The molecule has 2 heterocycles. The molecule has 2 aromatic carbocycles. The molecule has 0 saturated heterocycles. The summed E-state index contributed by atoms with van der Waals surface area (Å²) in [4.78, 5) is 21.2. The minimum Gasteiger partial charge on any atom is -0.378 e. The molecule has 5 nitrogen and oxygen atoms in total. The molecule has 1 aliphatic heterocycles. The highest BCUT2D eigenvalue weighted by Gasteiger charge is 2.28. The van der Waals surface area contributed by atoms with E-state index in [2.05, 4.69) is 9.55 Å². The monoisotopic (exact) mass is 306 g/mol. The molecule has 0 radical (unpaired) electrons. The van der Waals surface area contributed by atoms with Crippen LogP contribution in [0.1, 0.15) is 10.4 Å². The molecule has 5 heteroatoms. The van der Waals surface area contributed by atoms with Crippen molar-refractivity contribution in [2.45, 2.75) is 6.54 Å². The molecule has 23 heavy (non-hydrogen) atoms. The average molecular weight is 306 g/mol. The molecule has 4 rings (SSSR count). The molecule has 0 atom stereocenters. The number of carbonyl (C=O) groups excluding carboxylic acids is 1. The van der Waals surface area contributed by atoms with Gasteiger partial charge in [0.2, 0.25) is 5.95 Å². The molecule has 116 valence electrons. The Bertz CT molecular complexity index is 880. The second kappa shape index (κ2) is 5.12. The van der Waals surface area contributed by atoms with Crippen molar-refractivity contribution in [2.24, 2.45) is 0 Å². The van der Waals surface area contributed by atoms with Gasteiger partial charge in [0.15, 0.2) is 0 Å². The summed E-state index contributed by atoms with van der Waals surface area (Å²) in [5.74, 6) is 0.747. The molecule has 0 fully saturated rings. The Hall–Kier alpha value is -2.82. The number of rotatable bonds is 2. The van der Waals surface area contributed by atoms with E-state index >= 15 is 0 Å². The zero-order valence-corrected chi connectivity index (χ0v) is 13.2. The maximum absolute atomic E-state index is 12.8. The third-order valence-electron chi connectivity index (χ3n) is 4.30. The van der Waals surface area contributed by atoms with Gasteiger partial charge in [-0.1, -0.05) is 12.1 Å². The fraction of sp³-hybridized carbons (Fsp3) is 0.222. The van der Waals surface area contributed by atoms with Gasteiger partial charge in [0.1, 0.15) is 0 Å². The van der Waals surface area contributed by atoms with E-state index in [0.29, 0.717) is 12.1 Å². The summed E-state index contributed by atoms with van der Waals surface area (Å²) < 4.78 is 2.11. The average Bonchev–Trinajstić information content (AvgIpc) is 3.13. The number of para-hydroxylation sites is 2. The topological polar surface area (TPSA) is 41.4 Å². The molecular formula is C18H18N4O. The van der Waals surface area contributed by atoms with Crippen LogP contribution in [0.4, 0.5) is 11.6 Å². The van der Waals surface area contributed by atoms with E-state index < -0.39 is 0 Å². The van der Waals surface area contributed by atoms with E-state index in [-0.39, 0.29) is 5.91 Å². The van der Waals surface area contributed by atoms with E-state index in [1.807, 2.05) is 67.5 Å². The Morgan fingerprint density at radius 2 is 1.78 bits per heavy atom. The van der Waals surface area contributed by atoms with Gasteiger partial charge in [0, 0.05) is 38.4 Å². The SMILES string of the molecule is CN(C)c1ccc(C(=O)N2CCn3c2nc2ccccc23)cc1. The van der Waals surface area contributed by atoms with Crippen molar-refractivity contribution in [2.75, 3.05) is 30.4 Å². The second-order valence-corrected chi connectivity index (χ2v) is 5.95. The zero-order chi connectivity index (χ0) is 16.0. The van der Waals surface area contributed by atoms with Crippen molar-refractivity contribution in [3.8, 4) is 0 Å². The van der Waals surface area contributed by atoms with Gasteiger partial charge < -0.3 is 9.47 Å². The summed E-state index contributed by atoms with van der Waals surface area (Å²) in [6, 6.07) is 15.7. The van der Waals surface area contributed by atoms with E-state index in [0.717, 1.165) is 29.2 Å². The first kappa shape index (κ1) is 13.8. The van der Waals surface area contributed by atoms with Crippen LogP contribution < -0.4 is 9.80 Å². The summed E-state index contributed by atoms with van der Waals surface area (Å²) in [5, 5.41) is 0. The first-order valence-corrected chi connectivity index (χ1v) is 7.69. The Morgan fingerprint density at radius 3 is 2.52 bits per heavy atom. The quantitative estimate of drug-likeness (QED) is 0.731. The van der Waals surface area contributed by atoms with Gasteiger partial charge in [-0.2, -0.15) is 0 Å². The van der Waals surface area contributed by atoms with Crippen LogP contribution in [-0.4, -0.2) is 36.1 Å². The summed E-state index contributed by atoms with van der Waals surface area (Å²) in [6.07, 6.45) is 0. The summed E-state index contributed by atoms with van der Waals surface area (Å²) in [6.45, 7) is 1.46. The zero-order valence-electron chi connectivity index (χ0n) is 13.2. The van der Waals surface area contributed by atoms with E-state index in [1.165, 1.54) is 0 Å². The van der Waals surface area contributed by atoms with Gasteiger partial charge >= 0.3 is 0 Å². The fourth-order valence-corrected chi connectivity index (χ4v) is 3.04. The van der Waals surface area contributed by atoms with Crippen LogP contribution in [0.25, 0.3) is 11.0 Å². The lowest BCUT2D eigenvalue weighted by molar-refractivity contribution is 0.0989. The van der Waals surface area contributed by atoms with Gasteiger partial charge in [-0.3, -0.25) is 9.69 Å². The van der Waals surface area contributed by atoms with Crippen molar-refractivity contribution in [1.82, 2.24) is 9.55 Å². The van der Waals surface area contributed by atoms with Crippen LogP contribution in [0.3, 0.4) is 0 Å². The third-order valence-corrected chi connectivity index (χ3v) is 4.30. The highest BCUT2D eigenvalue weighted by Crippen LogP contribution is 2.28. The lowest BCUT2D eigenvalue weighted by Gasteiger charge is -2.16. The highest BCUT2D eigenvalue weighted by atomic mass is 16.2. The lowest BCUT2D eigenvalue weighted by atomic mass is 10.2. The fourth-order valence-electron chi connectivity index (χ4n) is 3.04. The Labute approximate surface area is 134 Å². The van der Waals surface area contributed by atoms with Gasteiger partial charge in [-0.15, -0.1) is 0 Å². The molecular weight excluding hydrogens is 288 g/mol. The van der Waals surface area contributed by atoms with Gasteiger partial charge in [-0.05, 0) is 36.4 Å². The van der Waals surface area contributed by atoms with Crippen LogP contribution in [-0.2, 0) is 6.54 Å². The second-order valence-electron chi connectivity index (χ2n) is 5.95.